The highest BCUT2D eigenvalue weighted by Crippen LogP contribution is 2.14. The summed E-state index contributed by atoms with van der Waals surface area (Å²) in [5.41, 5.74) is -1.39. The largest absolute Gasteiger partial charge is 0.333 e. The van der Waals surface area contributed by atoms with Crippen molar-refractivity contribution in [3.63, 3.8) is 0 Å². The van der Waals surface area contributed by atoms with Gasteiger partial charge in [-0.25, -0.2) is 22.9 Å². The van der Waals surface area contributed by atoms with Gasteiger partial charge >= 0.3 is 5.69 Å². The topological polar surface area (TPSA) is 144 Å². The number of carbonyl (C=O) groups excluding carboxylic acids is 1. The fourth-order valence-corrected chi connectivity index (χ4v) is 3.03. The summed E-state index contributed by atoms with van der Waals surface area (Å²) >= 11 is 5.81. The summed E-state index contributed by atoms with van der Waals surface area (Å²) in [5.74, 6) is -0.785. The summed E-state index contributed by atoms with van der Waals surface area (Å²) in [6.45, 7) is 0. The zero-order valence-electron chi connectivity index (χ0n) is 14.0. The van der Waals surface area contributed by atoms with Crippen LogP contribution >= 0.6 is 11.6 Å². The molecule has 0 saturated heterocycles. The molecule has 0 aliphatic heterocycles. The first-order valence-electron chi connectivity index (χ1n) is 7.72. The number of sulfonamides is 1. The Kier molecular flexibility index (Phi) is 5.18. The Bertz CT molecular complexity index is 1260. The first-order chi connectivity index (χ1) is 13.2. The maximum atomic E-state index is 12.6. The summed E-state index contributed by atoms with van der Waals surface area (Å²) in [5, 5.41) is 7.89. The summed E-state index contributed by atoms with van der Waals surface area (Å²) in [7, 11) is -3.87. The van der Waals surface area contributed by atoms with Gasteiger partial charge in [-0.2, -0.15) is 0 Å². The number of benzene rings is 2. The number of nitrogens with one attached hydrogen (secondary N) is 2. The number of anilines is 1. The minimum absolute atomic E-state index is 0.125. The van der Waals surface area contributed by atoms with Gasteiger partial charge in [0.1, 0.15) is 5.56 Å². The van der Waals surface area contributed by atoms with Gasteiger partial charge in [0.25, 0.3) is 11.5 Å². The molecule has 0 atom stereocenters. The third kappa shape index (κ3) is 4.03. The van der Waals surface area contributed by atoms with Gasteiger partial charge in [0.2, 0.25) is 10.0 Å². The number of nitrogens with zero attached hydrogens (tertiary/aromatic N) is 1. The molecule has 0 bridgehead atoms. The molecule has 28 heavy (non-hydrogen) atoms. The summed E-state index contributed by atoms with van der Waals surface area (Å²) < 4.78 is 23.3. The second kappa shape index (κ2) is 7.43. The number of hydrogen-bond acceptors (Lipinski definition) is 5. The van der Waals surface area contributed by atoms with Crippen LogP contribution in [0.4, 0.5) is 5.69 Å². The molecule has 2 aromatic carbocycles. The minimum Gasteiger partial charge on any atom is -0.322 e. The second-order valence-electron chi connectivity index (χ2n) is 5.65. The predicted octanol–water partition coefficient (Wildman–Crippen LogP) is 1.08. The van der Waals surface area contributed by atoms with Crippen molar-refractivity contribution < 1.29 is 13.2 Å². The van der Waals surface area contributed by atoms with E-state index in [2.05, 4.69) is 10.3 Å². The van der Waals surface area contributed by atoms with Crippen molar-refractivity contribution in [3.8, 4) is 5.69 Å². The first kappa shape index (κ1) is 19.5. The fraction of sp³-hybridized carbons (Fsp3) is 0. The highest BCUT2D eigenvalue weighted by Gasteiger charge is 2.16. The zero-order chi connectivity index (χ0) is 20.5. The Hall–Kier alpha value is -3.21. The van der Waals surface area contributed by atoms with Crippen LogP contribution in [0.1, 0.15) is 10.4 Å². The van der Waals surface area contributed by atoms with Crippen molar-refractivity contribution in [1.82, 2.24) is 9.55 Å². The van der Waals surface area contributed by atoms with Crippen molar-refractivity contribution in [3.05, 3.63) is 86.2 Å². The molecular weight excluding hydrogens is 408 g/mol. The number of aromatic amines is 1. The van der Waals surface area contributed by atoms with Crippen molar-refractivity contribution in [2.45, 2.75) is 4.90 Å². The van der Waals surface area contributed by atoms with Crippen molar-refractivity contribution in [2.24, 2.45) is 5.14 Å². The van der Waals surface area contributed by atoms with Crippen LogP contribution in [0.15, 0.2) is 69.2 Å². The Morgan fingerprint density at radius 3 is 2.21 bits per heavy atom. The molecule has 11 heteroatoms. The highest BCUT2D eigenvalue weighted by molar-refractivity contribution is 7.89. The Balaban J connectivity index is 1.95. The van der Waals surface area contributed by atoms with Gasteiger partial charge in [-0.1, -0.05) is 11.6 Å². The number of aromatic nitrogens is 2. The quantitative estimate of drug-likeness (QED) is 0.578. The SMILES string of the molecule is NS(=O)(=O)c1ccc(NC(=O)c2c[nH]c(=O)n(-c3ccc(Cl)cc3)c2=O)cc1. The monoisotopic (exact) mass is 420 g/mol. The van der Waals surface area contributed by atoms with Crippen molar-refractivity contribution in [2.75, 3.05) is 5.32 Å². The molecule has 0 aliphatic carbocycles. The number of nitrogens with two attached hydrogens (primary N) is 1. The third-order valence-corrected chi connectivity index (χ3v) is 4.93. The molecule has 144 valence electrons. The van der Waals surface area contributed by atoms with E-state index >= 15 is 0 Å². The lowest BCUT2D eigenvalue weighted by Gasteiger charge is -2.08. The summed E-state index contributed by atoms with van der Waals surface area (Å²) in [6.07, 6.45) is 1.01. The molecule has 1 amide bonds. The number of rotatable bonds is 4. The maximum absolute atomic E-state index is 12.6. The average Bonchev–Trinajstić information content (AvgIpc) is 2.63. The van der Waals surface area contributed by atoms with E-state index in [-0.39, 0.29) is 21.8 Å². The van der Waals surface area contributed by atoms with E-state index in [0.29, 0.717) is 5.02 Å². The molecule has 0 aliphatic rings. The average molecular weight is 421 g/mol. The minimum atomic E-state index is -3.87. The normalized spacial score (nSPS) is 11.2. The Morgan fingerprint density at radius 1 is 1.04 bits per heavy atom. The van der Waals surface area contributed by atoms with E-state index < -0.39 is 27.2 Å². The molecule has 0 unspecified atom stereocenters. The van der Waals surface area contributed by atoms with Crippen LogP contribution in [0.25, 0.3) is 5.69 Å². The number of primary sulfonamides is 1. The van der Waals surface area contributed by atoms with E-state index in [1.807, 2.05) is 0 Å². The molecule has 1 aromatic heterocycles. The van der Waals surface area contributed by atoms with Crippen LogP contribution in [-0.4, -0.2) is 23.9 Å². The van der Waals surface area contributed by atoms with Gasteiger partial charge in [-0.3, -0.25) is 9.59 Å². The summed E-state index contributed by atoms with van der Waals surface area (Å²) in [6, 6.07) is 11.0. The van der Waals surface area contributed by atoms with E-state index in [1.54, 1.807) is 0 Å². The molecule has 0 fully saturated rings. The van der Waals surface area contributed by atoms with Crippen LogP contribution in [0.2, 0.25) is 5.02 Å². The van der Waals surface area contributed by atoms with Crippen molar-refractivity contribution in [1.29, 1.82) is 0 Å². The third-order valence-electron chi connectivity index (χ3n) is 3.75. The molecule has 3 aromatic rings. The molecule has 0 radical (unpaired) electrons. The van der Waals surface area contributed by atoms with Gasteiger partial charge in [-0.15, -0.1) is 0 Å². The molecule has 3 rings (SSSR count). The van der Waals surface area contributed by atoms with Gasteiger partial charge < -0.3 is 10.3 Å². The van der Waals surface area contributed by atoms with Crippen molar-refractivity contribution >= 4 is 33.2 Å². The highest BCUT2D eigenvalue weighted by atomic mass is 35.5. The number of carbonyl (C=O) groups is 1. The number of H-pyrrole nitrogens is 1. The predicted molar refractivity (Wildman–Crippen MR) is 103 cm³/mol. The number of halogens is 1. The number of hydrogen-bond donors (Lipinski definition) is 3. The van der Waals surface area contributed by atoms with E-state index in [1.165, 1.54) is 48.5 Å². The van der Waals surface area contributed by atoms with Crippen LogP contribution in [0, 0.1) is 0 Å². The van der Waals surface area contributed by atoms with E-state index in [4.69, 9.17) is 16.7 Å². The van der Waals surface area contributed by atoms with Crippen LogP contribution in [-0.2, 0) is 10.0 Å². The van der Waals surface area contributed by atoms with E-state index in [0.717, 1.165) is 10.8 Å². The molecule has 0 saturated carbocycles. The van der Waals surface area contributed by atoms with Crippen LogP contribution in [0.3, 0.4) is 0 Å². The molecule has 4 N–H and O–H groups in total. The second-order valence-corrected chi connectivity index (χ2v) is 7.65. The lowest BCUT2D eigenvalue weighted by Crippen LogP contribution is -2.38. The van der Waals surface area contributed by atoms with Crippen LogP contribution in [0.5, 0.6) is 0 Å². The van der Waals surface area contributed by atoms with Gasteiger partial charge in [-0.05, 0) is 48.5 Å². The fourth-order valence-electron chi connectivity index (χ4n) is 2.39. The standard InChI is InChI=1S/C17H13ClN4O5S/c18-10-1-5-12(6-2-10)22-16(24)14(9-20-17(22)25)15(23)21-11-3-7-13(8-4-11)28(19,26)27/h1-9H,(H,20,25)(H,21,23)(H2,19,26,27). The summed E-state index contributed by atoms with van der Waals surface area (Å²) in [4.78, 5) is 39.4. The molecule has 9 nitrogen and oxygen atoms in total. The molecule has 1 heterocycles. The molecular formula is C17H13ClN4O5S. The van der Waals surface area contributed by atoms with Gasteiger partial charge in [0.15, 0.2) is 0 Å². The zero-order valence-corrected chi connectivity index (χ0v) is 15.6. The van der Waals surface area contributed by atoms with E-state index in [9.17, 15) is 22.8 Å². The lowest BCUT2D eigenvalue weighted by atomic mass is 10.2. The maximum Gasteiger partial charge on any atom is 0.333 e. The van der Waals surface area contributed by atoms with Gasteiger partial charge in [0, 0.05) is 16.9 Å². The molecule has 0 spiro atoms. The first-order valence-corrected chi connectivity index (χ1v) is 9.64. The Morgan fingerprint density at radius 2 is 1.64 bits per heavy atom. The Labute approximate surface area is 163 Å². The number of amides is 1. The lowest BCUT2D eigenvalue weighted by molar-refractivity contribution is 0.102. The smallest absolute Gasteiger partial charge is 0.322 e. The van der Waals surface area contributed by atoms with Crippen LogP contribution < -0.4 is 21.7 Å². The van der Waals surface area contributed by atoms with Gasteiger partial charge in [0.05, 0.1) is 10.6 Å².